The molecule has 4 rings (SSSR count). The van der Waals surface area contributed by atoms with Crippen LogP contribution in [0.5, 0.6) is 0 Å². The predicted octanol–water partition coefficient (Wildman–Crippen LogP) is 1.92. The Kier molecular flexibility index (Phi) is 4.55. The number of likely N-dealkylation sites (tertiary alicyclic amines) is 1. The maximum atomic E-state index is 13.1. The molecule has 1 amide bonds. The molecule has 3 aromatic rings. The van der Waals surface area contributed by atoms with Crippen LogP contribution in [0.25, 0.3) is 5.65 Å². The lowest BCUT2D eigenvalue weighted by atomic mass is 9.98. The third kappa shape index (κ3) is 3.27. The molecule has 4 heterocycles. The van der Waals surface area contributed by atoms with E-state index in [9.17, 15) is 9.59 Å². The number of piperidine rings is 1. The molecular formula is C19H24N6O2. The molecule has 3 aromatic heterocycles. The highest BCUT2D eigenvalue weighted by atomic mass is 16.2. The Bertz CT molecular complexity index is 1030. The molecule has 1 aliphatic rings. The molecule has 142 valence electrons. The van der Waals surface area contributed by atoms with Gasteiger partial charge in [-0.2, -0.15) is 0 Å². The van der Waals surface area contributed by atoms with E-state index in [1.807, 2.05) is 24.9 Å². The topological polar surface area (TPSA) is 88.3 Å². The third-order valence-corrected chi connectivity index (χ3v) is 5.37. The monoisotopic (exact) mass is 368 g/mol. The minimum absolute atomic E-state index is 0.124. The van der Waals surface area contributed by atoms with Crippen molar-refractivity contribution in [2.45, 2.75) is 52.1 Å². The van der Waals surface area contributed by atoms with Crippen LogP contribution in [-0.4, -0.2) is 47.5 Å². The average Bonchev–Trinajstić information content (AvgIpc) is 3.25. The van der Waals surface area contributed by atoms with E-state index in [1.165, 1.54) is 10.7 Å². The third-order valence-electron chi connectivity index (χ3n) is 5.37. The van der Waals surface area contributed by atoms with E-state index in [-0.39, 0.29) is 23.1 Å². The van der Waals surface area contributed by atoms with Crippen LogP contribution >= 0.6 is 0 Å². The van der Waals surface area contributed by atoms with Crippen LogP contribution in [0.1, 0.15) is 47.6 Å². The summed E-state index contributed by atoms with van der Waals surface area (Å²) in [6, 6.07) is 1.91. The largest absolute Gasteiger partial charge is 0.335 e. The summed E-state index contributed by atoms with van der Waals surface area (Å²) in [6.07, 6.45) is 9.04. The lowest BCUT2D eigenvalue weighted by Gasteiger charge is -2.35. The van der Waals surface area contributed by atoms with Gasteiger partial charge in [0.1, 0.15) is 11.4 Å². The number of amides is 1. The molecule has 27 heavy (non-hydrogen) atoms. The van der Waals surface area contributed by atoms with Crippen molar-refractivity contribution in [3.05, 3.63) is 52.1 Å². The Balaban J connectivity index is 1.58. The highest BCUT2D eigenvalue weighted by Crippen LogP contribution is 2.22. The van der Waals surface area contributed by atoms with Crippen LogP contribution in [0.2, 0.25) is 0 Å². The zero-order valence-corrected chi connectivity index (χ0v) is 15.7. The standard InChI is InChI=1S/C19H24N6O2/c1-13-11-17-21-12-16(19(27)25(17)22-13)18(26)24-8-4-3-5-15(24)6-9-23-10-7-20-14(23)2/h7,10-12,15,22H,3-6,8-9H2,1-2H3/t15-/m0/s1. The van der Waals surface area contributed by atoms with E-state index in [2.05, 4.69) is 19.6 Å². The molecule has 8 nitrogen and oxygen atoms in total. The molecule has 0 spiro atoms. The lowest BCUT2D eigenvalue weighted by molar-refractivity contribution is 0.0592. The van der Waals surface area contributed by atoms with Crippen molar-refractivity contribution in [2.75, 3.05) is 6.54 Å². The van der Waals surface area contributed by atoms with Gasteiger partial charge in [0, 0.05) is 49.5 Å². The van der Waals surface area contributed by atoms with E-state index in [4.69, 9.17) is 0 Å². The van der Waals surface area contributed by atoms with E-state index < -0.39 is 0 Å². The summed E-state index contributed by atoms with van der Waals surface area (Å²) in [5, 5.41) is 2.95. The maximum Gasteiger partial charge on any atom is 0.285 e. The van der Waals surface area contributed by atoms with Gasteiger partial charge < -0.3 is 9.47 Å². The number of aromatic amines is 1. The Hall–Kier alpha value is -2.90. The van der Waals surface area contributed by atoms with Gasteiger partial charge in [0.2, 0.25) is 0 Å². The average molecular weight is 368 g/mol. The number of carbonyl (C=O) groups is 1. The van der Waals surface area contributed by atoms with Crippen molar-refractivity contribution in [3.63, 3.8) is 0 Å². The van der Waals surface area contributed by atoms with Crippen LogP contribution in [0.4, 0.5) is 0 Å². The number of imidazole rings is 1. The first-order valence-corrected chi connectivity index (χ1v) is 9.40. The Morgan fingerprint density at radius 1 is 1.30 bits per heavy atom. The number of carbonyl (C=O) groups excluding carboxylic acids is 1. The summed E-state index contributed by atoms with van der Waals surface area (Å²) in [4.78, 5) is 36.3. The van der Waals surface area contributed by atoms with Gasteiger partial charge in [0.25, 0.3) is 11.5 Å². The first-order valence-electron chi connectivity index (χ1n) is 9.40. The summed E-state index contributed by atoms with van der Waals surface area (Å²) in [5.74, 6) is 0.750. The van der Waals surface area contributed by atoms with E-state index >= 15 is 0 Å². The van der Waals surface area contributed by atoms with Gasteiger partial charge in [-0.05, 0) is 39.5 Å². The number of hydrogen-bond donors (Lipinski definition) is 1. The number of aromatic nitrogens is 5. The molecule has 1 saturated heterocycles. The fourth-order valence-electron chi connectivity index (χ4n) is 3.88. The fraction of sp³-hybridized carbons (Fsp3) is 0.474. The Morgan fingerprint density at radius 2 is 2.15 bits per heavy atom. The SMILES string of the molecule is Cc1cc2ncc(C(=O)N3CCCC[C@H]3CCn3ccnc3C)c(=O)n2[nH]1. The van der Waals surface area contributed by atoms with Gasteiger partial charge in [0.05, 0.1) is 0 Å². The van der Waals surface area contributed by atoms with Crippen molar-refractivity contribution >= 4 is 11.6 Å². The summed E-state index contributed by atoms with van der Waals surface area (Å²) < 4.78 is 3.44. The van der Waals surface area contributed by atoms with Gasteiger partial charge in [-0.15, -0.1) is 0 Å². The number of fused-ring (bicyclic) bond motifs is 1. The predicted molar refractivity (Wildman–Crippen MR) is 101 cm³/mol. The van der Waals surface area contributed by atoms with Crippen LogP contribution in [0.3, 0.4) is 0 Å². The lowest BCUT2D eigenvalue weighted by Crippen LogP contribution is -2.46. The van der Waals surface area contributed by atoms with Gasteiger partial charge in [-0.1, -0.05) is 0 Å². The maximum absolute atomic E-state index is 13.1. The molecule has 8 heteroatoms. The zero-order chi connectivity index (χ0) is 19.0. The zero-order valence-electron chi connectivity index (χ0n) is 15.7. The second kappa shape index (κ2) is 7.02. The van der Waals surface area contributed by atoms with Crippen LogP contribution in [0, 0.1) is 13.8 Å². The number of rotatable bonds is 4. The summed E-state index contributed by atoms with van der Waals surface area (Å²) in [5.41, 5.74) is 1.14. The first-order chi connectivity index (χ1) is 13.0. The number of nitrogens with zero attached hydrogens (tertiary/aromatic N) is 5. The minimum Gasteiger partial charge on any atom is -0.335 e. The second-order valence-electron chi connectivity index (χ2n) is 7.21. The molecule has 1 atom stereocenters. The number of aryl methyl sites for hydroxylation is 3. The Morgan fingerprint density at radius 3 is 2.93 bits per heavy atom. The number of H-pyrrole nitrogens is 1. The fourth-order valence-corrected chi connectivity index (χ4v) is 3.88. The van der Waals surface area contributed by atoms with E-state index in [0.717, 1.165) is 43.7 Å². The van der Waals surface area contributed by atoms with Crippen molar-refractivity contribution in [3.8, 4) is 0 Å². The highest BCUT2D eigenvalue weighted by Gasteiger charge is 2.29. The van der Waals surface area contributed by atoms with Crippen LogP contribution in [-0.2, 0) is 6.54 Å². The normalized spacial score (nSPS) is 17.6. The molecule has 0 radical (unpaired) electrons. The first kappa shape index (κ1) is 17.5. The summed E-state index contributed by atoms with van der Waals surface area (Å²) in [7, 11) is 0. The molecule has 0 aromatic carbocycles. The van der Waals surface area contributed by atoms with Crippen LogP contribution in [0.15, 0.2) is 29.5 Å². The Labute approximate surface area is 156 Å². The molecule has 0 unspecified atom stereocenters. The van der Waals surface area contributed by atoms with Gasteiger partial charge in [0.15, 0.2) is 5.65 Å². The molecule has 0 saturated carbocycles. The molecular weight excluding hydrogens is 344 g/mol. The van der Waals surface area contributed by atoms with Gasteiger partial charge in [-0.3, -0.25) is 14.7 Å². The highest BCUT2D eigenvalue weighted by molar-refractivity contribution is 5.94. The number of hydrogen-bond acceptors (Lipinski definition) is 4. The molecule has 0 bridgehead atoms. The molecule has 1 aliphatic heterocycles. The van der Waals surface area contributed by atoms with Crippen molar-refractivity contribution in [2.24, 2.45) is 0 Å². The van der Waals surface area contributed by atoms with E-state index in [1.54, 1.807) is 12.3 Å². The molecule has 1 fully saturated rings. The van der Waals surface area contributed by atoms with E-state index in [0.29, 0.717) is 12.2 Å². The summed E-state index contributed by atoms with van der Waals surface area (Å²) >= 11 is 0. The molecule has 1 N–H and O–H groups in total. The summed E-state index contributed by atoms with van der Waals surface area (Å²) in [6.45, 7) is 5.32. The quantitative estimate of drug-likeness (QED) is 0.762. The van der Waals surface area contributed by atoms with Crippen molar-refractivity contribution < 1.29 is 4.79 Å². The van der Waals surface area contributed by atoms with Crippen molar-refractivity contribution in [1.29, 1.82) is 0 Å². The van der Waals surface area contributed by atoms with Crippen LogP contribution < -0.4 is 5.56 Å². The van der Waals surface area contributed by atoms with Crippen molar-refractivity contribution in [1.82, 2.24) is 29.0 Å². The van der Waals surface area contributed by atoms with Gasteiger partial charge in [-0.25, -0.2) is 14.5 Å². The molecule has 0 aliphatic carbocycles. The second-order valence-corrected chi connectivity index (χ2v) is 7.21. The number of nitrogens with one attached hydrogen (secondary N) is 1. The van der Waals surface area contributed by atoms with Gasteiger partial charge >= 0.3 is 0 Å². The smallest absolute Gasteiger partial charge is 0.285 e. The minimum atomic E-state index is -0.340.